The standard InChI is InChI=1S/C12H12ClN3OS/c13-10-4-1-8(5-14-10)6-16(9-2-3-9)11-7-18-12(17)15-11/h1,4-5,9H,2-3,6-7H2. The summed E-state index contributed by atoms with van der Waals surface area (Å²) in [6.45, 7) is 0.751. The van der Waals surface area contributed by atoms with Crippen molar-refractivity contribution in [3.8, 4) is 0 Å². The molecule has 18 heavy (non-hydrogen) atoms. The zero-order valence-electron chi connectivity index (χ0n) is 9.67. The van der Waals surface area contributed by atoms with Crippen LogP contribution in [0.5, 0.6) is 0 Å². The normalized spacial score (nSPS) is 18.9. The van der Waals surface area contributed by atoms with Crippen molar-refractivity contribution in [2.45, 2.75) is 25.4 Å². The Kier molecular flexibility index (Phi) is 3.26. The Bertz CT molecular complexity index is 499. The van der Waals surface area contributed by atoms with Crippen LogP contribution in [-0.2, 0) is 6.54 Å². The van der Waals surface area contributed by atoms with E-state index in [0.29, 0.717) is 16.9 Å². The number of amidine groups is 1. The van der Waals surface area contributed by atoms with E-state index in [1.807, 2.05) is 6.07 Å². The quantitative estimate of drug-likeness (QED) is 0.799. The molecule has 0 aromatic carbocycles. The van der Waals surface area contributed by atoms with Crippen LogP contribution in [0.1, 0.15) is 18.4 Å². The lowest BCUT2D eigenvalue weighted by Crippen LogP contribution is -2.33. The minimum atomic E-state index is -0.0788. The van der Waals surface area contributed by atoms with Crippen molar-refractivity contribution in [3.63, 3.8) is 0 Å². The molecular weight excluding hydrogens is 270 g/mol. The number of carbonyl (C=O) groups is 1. The number of pyridine rings is 1. The summed E-state index contributed by atoms with van der Waals surface area (Å²) in [5.41, 5.74) is 1.10. The molecule has 3 rings (SSSR count). The Balaban J connectivity index is 1.76. The van der Waals surface area contributed by atoms with Gasteiger partial charge in [0.05, 0.1) is 5.75 Å². The lowest BCUT2D eigenvalue weighted by atomic mass is 10.2. The van der Waals surface area contributed by atoms with Gasteiger partial charge >= 0.3 is 5.24 Å². The zero-order valence-corrected chi connectivity index (χ0v) is 11.2. The Morgan fingerprint density at radius 3 is 2.83 bits per heavy atom. The largest absolute Gasteiger partial charge is 0.352 e. The number of carbonyl (C=O) groups excluding carboxylic acids is 1. The molecule has 6 heteroatoms. The highest BCUT2D eigenvalue weighted by Crippen LogP contribution is 2.31. The maximum absolute atomic E-state index is 11.2. The van der Waals surface area contributed by atoms with Crippen LogP contribution in [0.3, 0.4) is 0 Å². The first-order valence-electron chi connectivity index (χ1n) is 5.84. The van der Waals surface area contributed by atoms with Gasteiger partial charge in [-0.2, -0.15) is 4.99 Å². The molecule has 1 amide bonds. The first kappa shape index (κ1) is 12.0. The van der Waals surface area contributed by atoms with Crippen molar-refractivity contribution in [1.82, 2.24) is 9.88 Å². The number of halogens is 1. The summed E-state index contributed by atoms with van der Waals surface area (Å²) < 4.78 is 0. The molecule has 1 aliphatic heterocycles. The number of rotatable bonds is 3. The average molecular weight is 282 g/mol. The first-order chi connectivity index (χ1) is 8.72. The fourth-order valence-corrected chi connectivity index (χ4v) is 2.72. The van der Waals surface area contributed by atoms with Gasteiger partial charge in [0.15, 0.2) is 0 Å². The molecule has 4 nitrogen and oxygen atoms in total. The summed E-state index contributed by atoms with van der Waals surface area (Å²) in [7, 11) is 0. The van der Waals surface area contributed by atoms with Crippen molar-refractivity contribution in [1.29, 1.82) is 0 Å². The van der Waals surface area contributed by atoms with E-state index in [9.17, 15) is 4.79 Å². The van der Waals surface area contributed by atoms with Gasteiger partial charge in [-0.3, -0.25) is 4.79 Å². The van der Waals surface area contributed by atoms with Crippen molar-refractivity contribution in [2.75, 3.05) is 5.75 Å². The molecule has 0 atom stereocenters. The highest BCUT2D eigenvalue weighted by molar-refractivity contribution is 8.14. The highest BCUT2D eigenvalue weighted by atomic mass is 35.5. The first-order valence-corrected chi connectivity index (χ1v) is 7.20. The maximum atomic E-state index is 11.2. The summed E-state index contributed by atoms with van der Waals surface area (Å²) in [6.07, 6.45) is 4.14. The molecule has 0 saturated heterocycles. The van der Waals surface area contributed by atoms with Crippen LogP contribution in [0, 0.1) is 0 Å². The lowest BCUT2D eigenvalue weighted by molar-refractivity contribution is 0.267. The highest BCUT2D eigenvalue weighted by Gasteiger charge is 2.33. The fourth-order valence-electron chi connectivity index (χ4n) is 1.96. The van der Waals surface area contributed by atoms with Gasteiger partial charge in [0.25, 0.3) is 0 Å². The second kappa shape index (κ2) is 4.90. The fraction of sp³-hybridized carbons (Fsp3) is 0.417. The number of nitrogens with zero attached hydrogens (tertiary/aromatic N) is 3. The van der Waals surface area contributed by atoms with Gasteiger partial charge in [-0.15, -0.1) is 0 Å². The van der Waals surface area contributed by atoms with Gasteiger partial charge in [-0.05, 0) is 24.5 Å². The molecule has 1 fully saturated rings. The smallest absolute Gasteiger partial charge is 0.306 e. The minimum absolute atomic E-state index is 0.0788. The molecule has 2 aliphatic rings. The zero-order chi connectivity index (χ0) is 12.5. The summed E-state index contributed by atoms with van der Waals surface area (Å²) in [4.78, 5) is 21.6. The molecule has 1 aliphatic carbocycles. The van der Waals surface area contributed by atoms with E-state index < -0.39 is 0 Å². The average Bonchev–Trinajstić information content (AvgIpc) is 3.11. The maximum Gasteiger partial charge on any atom is 0.306 e. The summed E-state index contributed by atoms with van der Waals surface area (Å²) in [6, 6.07) is 4.29. The van der Waals surface area contributed by atoms with Gasteiger partial charge in [-0.1, -0.05) is 29.4 Å². The SMILES string of the molecule is O=C1N=C(N(Cc2ccc(Cl)nc2)C2CC2)CS1. The van der Waals surface area contributed by atoms with E-state index in [1.165, 1.54) is 24.6 Å². The van der Waals surface area contributed by atoms with Crippen LogP contribution in [0.2, 0.25) is 5.15 Å². The Hall–Kier alpha value is -1.07. The minimum Gasteiger partial charge on any atom is -0.352 e. The molecule has 1 aromatic heterocycles. The lowest BCUT2D eigenvalue weighted by Gasteiger charge is -2.23. The Morgan fingerprint density at radius 1 is 1.44 bits per heavy atom. The molecular formula is C12H12ClN3OS. The third kappa shape index (κ3) is 2.67. The van der Waals surface area contributed by atoms with E-state index in [4.69, 9.17) is 11.6 Å². The van der Waals surface area contributed by atoms with Crippen molar-refractivity contribution >= 4 is 34.4 Å². The molecule has 0 radical (unpaired) electrons. The number of amides is 1. The number of hydrogen-bond donors (Lipinski definition) is 0. The molecule has 0 unspecified atom stereocenters. The van der Waals surface area contributed by atoms with E-state index in [1.54, 1.807) is 12.3 Å². The van der Waals surface area contributed by atoms with Gasteiger partial charge in [-0.25, -0.2) is 4.98 Å². The van der Waals surface area contributed by atoms with E-state index in [-0.39, 0.29) is 5.24 Å². The predicted molar refractivity (Wildman–Crippen MR) is 73.1 cm³/mol. The summed E-state index contributed by atoms with van der Waals surface area (Å²) in [5, 5.41) is 0.422. The van der Waals surface area contributed by atoms with E-state index >= 15 is 0 Å². The Morgan fingerprint density at radius 2 is 2.28 bits per heavy atom. The molecule has 0 spiro atoms. The van der Waals surface area contributed by atoms with E-state index in [2.05, 4.69) is 14.9 Å². The second-order valence-corrected chi connectivity index (χ2v) is 5.74. The van der Waals surface area contributed by atoms with Gasteiger partial charge in [0.2, 0.25) is 0 Å². The second-order valence-electron chi connectivity index (χ2n) is 4.43. The van der Waals surface area contributed by atoms with Crippen LogP contribution in [0.4, 0.5) is 4.79 Å². The third-order valence-corrected chi connectivity index (χ3v) is 3.97. The molecule has 1 saturated carbocycles. The summed E-state index contributed by atoms with van der Waals surface area (Å²) >= 11 is 7.04. The van der Waals surface area contributed by atoms with Crippen molar-refractivity contribution in [3.05, 3.63) is 29.0 Å². The molecule has 0 N–H and O–H groups in total. The number of aliphatic imine (C=N–C) groups is 1. The van der Waals surface area contributed by atoms with Crippen LogP contribution in [0.25, 0.3) is 0 Å². The van der Waals surface area contributed by atoms with E-state index in [0.717, 1.165) is 17.9 Å². The monoisotopic (exact) mass is 281 g/mol. The van der Waals surface area contributed by atoms with Crippen LogP contribution in [-0.4, -0.2) is 32.8 Å². The molecule has 0 bridgehead atoms. The van der Waals surface area contributed by atoms with Gasteiger partial charge in [0, 0.05) is 18.8 Å². The molecule has 94 valence electrons. The summed E-state index contributed by atoms with van der Waals surface area (Å²) in [5.74, 6) is 1.60. The van der Waals surface area contributed by atoms with Gasteiger partial charge in [0.1, 0.15) is 11.0 Å². The number of aromatic nitrogens is 1. The van der Waals surface area contributed by atoms with Crippen LogP contribution in [0.15, 0.2) is 23.3 Å². The molecule has 1 aromatic rings. The third-order valence-electron chi connectivity index (χ3n) is 3.01. The predicted octanol–water partition coefficient (Wildman–Crippen LogP) is 2.96. The van der Waals surface area contributed by atoms with Crippen LogP contribution >= 0.6 is 23.4 Å². The van der Waals surface area contributed by atoms with Crippen LogP contribution < -0.4 is 0 Å². The van der Waals surface area contributed by atoms with Gasteiger partial charge < -0.3 is 4.90 Å². The Labute approximate surface area is 114 Å². The number of hydrogen-bond acceptors (Lipinski definition) is 4. The molecule has 2 heterocycles. The topological polar surface area (TPSA) is 45.6 Å². The van der Waals surface area contributed by atoms with Crippen molar-refractivity contribution in [2.24, 2.45) is 4.99 Å². The van der Waals surface area contributed by atoms with Crippen molar-refractivity contribution < 1.29 is 4.79 Å². The number of thioether (sulfide) groups is 1.